The highest BCUT2D eigenvalue weighted by atomic mass is 35.5. The summed E-state index contributed by atoms with van der Waals surface area (Å²) in [5.74, 6) is 0.943. The number of benzene rings is 3. The minimum absolute atomic E-state index is 0.104. The zero-order chi connectivity index (χ0) is 23.5. The third-order valence-electron chi connectivity index (χ3n) is 6.52. The molecule has 1 amide bonds. The SMILES string of the molecule is Cc1cc(C)c(C)c(Cn2c(CCCNC(=O)c3cccc(Cl)c3)nc3ccccc32)c1C. The zero-order valence-corrected chi connectivity index (χ0v) is 20.5. The van der Waals surface area contributed by atoms with E-state index in [1.165, 1.54) is 27.8 Å². The van der Waals surface area contributed by atoms with Gasteiger partial charge < -0.3 is 9.88 Å². The van der Waals surface area contributed by atoms with Crippen LogP contribution in [0.15, 0.2) is 54.6 Å². The van der Waals surface area contributed by atoms with Crippen LogP contribution < -0.4 is 5.32 Å². The fourth-order valence-corrected chi connectivity index (χ4v) is 4.56. The van der Waals surface area contributed by atoms with Crippen molar-refractivity contribution in [2.45, 2.75) is 47.1 Å². The molecule has 3 aromatic carbocycles. The second kappa shape index (κ2) is 9.80. The third kappa shape index (κ3) is 4.96. The lowest BCUT2D eigenvalue weighted by Gasteiger charge is -2.18. The van der Waals surface area contributed by atoms with Gasteiger partial charge in [0.15, 0.2) is 0 Å². The molecule has 0 bridgehead atoms. The largest absolute Gasteiger partial charge is 0.352 e. The molecule has 0 aliphatic rings. The summed E-state index contributed by atoms with van der Waals surface area (Å²) in [7, 11) is 0. The van der Waals surface area contributed by atoms with Crippen LogP contribution >= 0.6 is 11.6 Å². The van der Waals surface area contributed by atoms with Gasteiger partial charge in [-0.25, -0.2) is 4.98 Å². The summed E-state index contributed by atoms with van der Waals surface area (Å²) in [4.78, 5) is 17.3. The Kier molecular flexibility index (Phi) is 6.85. The van der Waals surface area contributed by atoms with Crippen molar-refractivity contribution in [2.75, 3.05) is 6.54 Å². The van der Waals surface area contributed by atoms with E-state index >= 15 is 0 Å². The number of para-hydroxylation sites is 2. The van der Waals surface area contributed by atoms with Crippen molar-refractivity contribution in [3.8, 4) is 0 Å². The Labute approximate surface area is 200 Å². The fraction of sp³-hybridized carbons (Fsp3) is 0.286. The van der Waals surface area contributed by atoms with Crippen molar-refractivity contribution in [1.29, 1.82) is 0 Å². The molecule has 0 fully saturated rings. The van der Waals surface area contributed by atoms with Crippen LogP contribution in [-0.4, -0.2) is 22.0 Å². The van der Waals surface area contributed by atoms with Crippen LogP contribution in [0.1, 0.15) is 50.4 Å². The van der Waals surface area contributed by atoms with Crippen molar-refractivity contribution >= 4 is 28.5 Å². The van der Waals surface area contributed by atoms with Crippen LogP contribution in [0.4, 0.5) is 0 Å². The first kappa shape index (κ1) is 23.1. The van der Waals surface area contributed by atoms with Crippen molar-refractivity contribution in [1.82, 2.24) is 14.9 Å². The van der Waals surface area contributed by atoms with E-state index in [9.17, 15) is 4.79 Å². The molecule has 4 nitrogen and oxygen atoms in total. The minimum atomic E-state index is -0.104. The average Bonchev–Trinajstić information content (AvgIpc) is 3.15. The summed E-state index contributed by atoms with van der Waals surface area (Å²) in [5, 5.41) is 3.56. The van der Waals surface area contributed by atoms with Crippen LogP contribution in [0.3, 0.4) is 0 Å². The van der Waals surface area contributed by atoms with Gasteiger partial charge in [-0.05, 0) is 92.3 Å². The van der Waals surface area contributed by atoms with Crippen molar-refractivity contribution in [3.63, 3.8) is 0 Å². The van der Waals surface area contributed by atoms with E-state index in [1.807, 2.05) is 6.07 Å². The average molecular weight is 460 g/mol. The number of nitrogens with zero attached hydrogens (tertiary/aromatic N) is 2. The molecule has 1 aromatic heterocycles. The quantitative estimate of drug-likeness (QED) is 0.328. The number of amides is 1. The molecule has 1 heterocycles. The second-order valence-electron chi connectivity index (χ2n) is 8.71. The molecule has 0 atom stereocenters. The van der Waals surface area contributed by atoms with Gasteiger partial charge in [-0.3, -0.25) is 4.79 Å². The highest BCUT2D eigenvalue weighted by Gasteiger charge is 2.15. The molecule has 0 aliphatic heterocycles. The summed E-state index contributed by atoms with van der Waals surface area (Å²) in [6, 6.07) is 17.6. The van der Waals surface area contributed by atoms with Gasteiger partial charge >= 0.3 is 0 Å². The van der Waals surface area contributed by atoms with Crippen LogP contribution in [-0.2, 0) is 13.0 Å². The van der Waals surface area contributed by atoms with E-state index in [2.05, 4.69) is 61.8 Å². The van der Waals surface area contributed by atoms with Crippen molar-refractivity contribution in [2.24, 2.45) is 0 Å². The van der Waals surface area contributed by atoms with Crippen LogP contribution in [0.5, 0.6) is 0 Å². The number of imidazole rings is 1. The number of aromatic nitrogens is 2. The van der Waals surface area contributed by atoms with Crippen LogP contribution in [0.25, 0.3) is 11.0 Å². The predicted octanol–water partition coefficient (Wildman–Crippen LogP) is 6.33. The highest BCUT2D eigenvalue weighted by Crippen LogP contribution is 2.26. The molecule has 0 saturated carbocycles. The number of carbonyl (C=O) groups is 1. The van der Waals surface area contributed by atoms with Crippen LogP contribution in [0.2, 0.25) is 5.02 Å². The highest BCUT2D eigenvalue weighted by molar-refractivity contribution is 6.30. The molecule has 5 heteroatoms. The number of rotatable bonds is 7. The van der Waals surface area contributed by atoms with E-state index in [0.29, 0.717) is 17.1 Å². The fourth-order valence-electron chi connectivity index (χ4n) is 4.37. The van der Waals surface area contributed by atoms with E-state index in [4.69, 9.17) is 16.6 Å². The molecule has 0 aliphatic carbocycles. The van der Waals surface area contributed by atoms with Gasteiger partial charge in [-0.2, -0.15) is 0 Å². The molecule has 4 rings (SSSR count). The number of halogens is 1. The van der Waals surface area contributed by atoms with Crippen LogP contribution in [0, 0.1) is 27.7 Å². The number of fused-ring (bicyclic) bond motifs is 1. The maximum Gasteiger partial charge on any atom is 0.251 e. The van der Waals surface area contributed by atoms with Gasteiger partial charge in [-0.1, -0.05) is 35.9 Å². The Morgan fingerprint density at radius 2 is 1.70 bits per heavy atom. The number of carbonyl (C=O) groups excluding carboxylic acids is 1. The van der Waals surface area contributed by atoms with Gasteiger partial charge in [0.05, 0.1) is 11.0 Å². The Bertz CT molecular complexity index is 1300. The van der Waals surface area contributed by atoms with E-state index in [1.54, 1.807) is 24.3 Å². The van der Waals surface area contributed by atoms with Gasteiger partial charge in [0.2, 0.25) is 0 Å². The normalized spacial score (nSPS) is 11.2. The van der Waals surface area contributed by atoms with E-state index < -0.39 is 0 Å². The van der Waals surface area contributed by atoms with Gasteiger partial charge in [0, 0.05) is 30.1 Å². The molecule has 0 unspecified atom stereocenters. The number of aryl methyl sites for hydroxylation is 3. The zero-order valence-electron chi connectivity index (χ0n) is 19.7. The Morgan fingerprint density at radius 3 is 2.42 bits per heavy atom. The second-order valence-corrected chi connectivity index (χ2v) is 9.15. The van der Waals surface area contributed by atoms with Gasteiger partial charge in [-0.15, -0.1) is 0 Å². The monoisotopic (exact) mass is 459 g/mol. The lowest BCUT2D eigenvalue weighted by molar-refractivity contribution is 0.0953. The Balaban J connectivity index is 1.53. The topological polar surface area (TPSA) is 46.9 Å². The number of hydrogen-bond acceptors (Lipinski definition) is 2. The molecule has 170 valence electrons. The molecule has 4 aromatic rings. The third-order valence-corrected chi connectivity index (χ3v) is 6.76. The smallest absolute Gasteiger partial charge is 0.251 e. The summed E-state index contributed by atoms with van der Waals surface area (Å²) < 4.78 is 2.34. The Hall–Kier alpha value is -3.11. The molecular weight excluding hydrogens is 430 g/mol. The minimum Gasteiger partial charge on any atom is -0.352 e. The summed E-state index contributed by atoms with van der Waals surface area (Å²) in [6.07, 6.45) is 1.59. The summed E-state index contributed by atoms with van der Waals surface area (Å²) in [6.45, 7) is 10.2. The van der Waals surface area contributed by atoms with E-state index in [0.717, 1.165) is 36.2 Å². The number of nitrogens with one attached hydrogen (secondary N) is 1. The van der Waals surface area contributed by atoms with Crippen molar-refractivity contribution in [3.05, 3.63) is 98.8 Å². The van der Waals surface area contributed by atoms with Gasteiger partial charge in [0.25, 0.3) is 5.91 Å². The first-order valence-corrected chi connectivity index (χ1v) is 11.8. The lowest BCUT2D eigenvalue weighted by atomic mass is 9.94. The standard InChI is InChI=1S/C28H30ClN3O/c1-18-15-19(2)21(4)24(20(18)3)17-32-26-12-6-5-11-25(26)31-27(32)13-8-14-30-28(33)22-9-7-10-23(29)16-22/h5-7,9-12,15-16H,8,13-14,17H2,1-4H3,(H,30,33). The molecule has 0 saturated heterocycles. The predicted molar refractivity (Wildman–Crippen MR) is 136 cm³/mol. The molecule has 0 radical (unpaired) electrons. The van der Waals surface area contributed by atoms with Gasteiger partial charge in [0.1, 0.15) is 5.82 Å². The lowest BCUT2D eigenvalue weighted by Crippen LogP contribution is -2.25. The van der Waals surface area contributed by atoms with E-state index in [-0.39, 0.29) is 5.91 Å². The van der Waals surface area contributed by atoms with Crippen molar-refractivity contribution < 1.29 is 4.79 Å². The maximum atomic E-state index is 12.4. The number of hydrogen-bond donors (Lipinski definition) is 1. The Morgan fingerprint density at radius 1 is 0.970 bits per heavy atom. The molecule has 33 heavy (non-hydrogen) atoms. The first-order valence-electron chi connectivity index (χ1n) is 11.4. The molecule has 1 N–H and O–H groups in total. The maximum absolute atomic E-state index is 12.4. The summed E-state index contributed by atoms with van der Waals surface area (Å²) in [5.41, 5.74) is 9.43. The molecule has 0 spiro atoms. The summed E-state index contributed by atoms with van der Waals surface area (Å²) >= 11 is 6.00. The molecular formula is C28H30ClN3O. The first-order chi connectivity index (χ1) is 15.8.